The number of methoxy groups -OCH3 is 1. The quantitative estimate of drug-likeness (QED) is 0.623. The van der Waals surface area contributed by atoms with Gasteiger partial charge in [0.25, 0.3) is 0 Å². The molecule has 1 aliphatic heterocycles. The Morgan fingerprint density at radius 2 is 2.14 bits per heavy atom. The van der Waals surface area contributed by atoms with Gasteiger partial charge in [0.15, 0.2) is 17.4 Å². The second-order valence-corrected chi connectivity index (χ2v) is 4.89. The molecule has 3 heterocycles. The topological polar surface area (TPSA) is 123 Å². The van der Waals surface area contributed by atoms with Crippen molar-refractivity contribution in [2.24, 2.45) is 0 Å². The number of imidazole rings is 1. The van der Waals surface area contributed by atoms with Gasteiger partial charge in [0.2, 0.25) is 11.2 Å². The van der Waals surface area contributed by atoms with E-state index in [0.717, 1.165) is 0 Å². The number of rotatable bonds is 3. The van der Waals surface area contributed by atoms with Gasteiger partial charge in [0.05, 0.1) is 20.0 Å². The molecule has 0 radical (unpaired) electrons. The molecule has 1 saturated heterocycles. The summed E-state index contributed by atoms with van der Waals surface area (Å²) in [4.78, 5) is 12.0. The molecule has 10 heteroatoms. The lowest BCUT2D eigenvalue weighted by Crippen LogP contribution is -2.33. The van der Waals surface area contributed by atoms with Crippen LogP contribution in [0.4, 0.5) is 0 Å². The van der Waals surface area contributed by atoms with Gasteiger partial charge < -0.3 is 24.8 Å². The molecule has 1 fully saturated rings. The first-order chi connectivity index (χ1) is 10.1. The summed E-state index contributed by atoms with van der Waals surface area (Å²) in [7, 11) is 1.42. The summed E-state index contributed by atoms with van der Waals surface area (Å²) in [5.74, 6) is 0.190. The molecule has 1 aliphatic rings. The minimum Gasteiger partial charge on any atom is -0.479 e. The summed E-state index contributed by atoms with van der Waals surface area (Å²) in [5, 5.41) is 28.9. The van der Waals surface area contributed by atoms with Gasteiger partial charge in [0.1, 0.15) is 18.3 Å². The second kappa shape index (κ2) is 5.35. The van der Waals surface area contributed by atoms with Gasteiger partial charge in [-0.05, 0) is 11.6 Å². The molecule has 0 bridgehead atoms. The number of hydrogen-bond donors (Lipinski definition) is 3. The molecule has 4 atom stereocenters. The van der Waals surface area contributed by atoms with Crippen LogP contribution in [0.5, 0.6) is 5.88 Å². The van der Waals surface area contributed by atoms with E-state index in [2.05, 4.69) is 15.0 Å². The maximum absolute atomic E-state index is 10.0. The first kappa shape index (κ1) is 14.4. The third-order valence-electron chi connectivity index (χ3n) is 3.35. The molecule has 2 aromatic heterocycles. The highest BCUT2D eigenvalue weighted by Gasteiger charge is 2.44. The number of nitrogens with zero attached hydrogens (tertiary/aromatic N) is 4. The van der Waals surface area contributed by atoms with Gasteiger partial charge in [-0.15, -0.1) is 0 Å². The van der Waals surface area contributed by atoms with Crippen LogP contribution < -0.4 is 4.74 Å². The normalized spacial score (nSPS) is 29.2. The molecular formula is C11H13ClN4O5. The first-order valence-corrected chi connectivity index (χ1v) is 6.51. The number of hydrogen-bond acceptors (Lipinski definition) is 8. The number of aliphatic hydroxyl groups excluding tert-OH is 3. The Hall–Kier alpha value is -1.52. The van der Waals surface area contributed by atoms with Crippen molar-refractivity contribution in [3.05, 3.63) is 11.6 Å². The Labute approximate surface area is 123 Å². The molecule has 0 aromatic carbocycles. The van der Waals surface area contributed by atoms with Crippen LogP contribution in [-0.2, 0) is 4.74 Å². The van der Waals surface area contributed by atoms with Crippen molar-refractivity contribution in [3.63, 3.8) is 0 Å². The van der Waals surface area contributed by atoms with Crippen molar-refractivity contribution in [1.82, 2.24) is 19.5 Å². The summed E-state index contributed by atoms with van der Waals surface area (Å²) in [6.45, 7) is -0.416. The van der Waals surface area contributed by atoms with E-state index in [9.17, 15) is 10.2 Å². The Morgan fingerprint density at radius 1 is 1.38 bits per heavy atom. The van der Waals surface area contributed by atoms with Crippen LogP contribution >= 0.6 is 11.6 Å². The van der Waals surface area contributed by atoms with Crippen LogP contribution in [0.2, 0.25) is 5.28 Å². The van der Waals surface area contributed by atoms with Gasteiger partial charge in [-0.2, -0.15) is 9.97 Å². The molecule has 9 nitrogen and oxygen atoms in total. The Balaban J connectivity index is 2.07. The fraction of sp³-hybridized carbons (Fsp3) is 0.545. The lowest BCUT2D eigenvalue weighted by molar-refractivity contribution is -0.0511. The van der Waals surface area contributed by atoms with Crippen LogP contribution in [0.25, 0.3) is 11.2 Å². The summed E-state index contributed by atoms with van der Waals surface area (Å²) in [6, 6.07) is 0. The van der Waals surface area contributed by atoms with Crippen molar-refractivity contribution in [2.45, 2.75) is 24.5 Å². The van der Waals surface area contributed by atoms with Crippen molar-refractivity contribution in [1.29, 1.82) is 0 Å². The van der Waals surface area contributed by atoms with Crippen LogP contribution in [0.3, 0.4) is 0 Å². The third kappa shape index (κ3) is 2.23. The predicted octanol–water partition coefficient (Wildman–Crippen LogP) is -0.900. The second-order valence-electron chi connectivity index (χ2n) is 4.55. The van der Waals surface area contributed by atoms with Crippen LogP contribution in [-0.4, -0.2) is 66.9 Å². The van der Waals surface area contributed by atoms with Crippen molar-refractivity contribution in [3.8, 4) is 5.88 Å². The van der Waals surface area contributed by atoms with E-state index in [1.54, 1.807) is 0 Å². The van der Waals surface area contributed by atoms with E-state index >= 15 is 0 Å². The first-order valence-electron chi connectivity index (χ1n) is 6.13. The summed E-state index contributed by atoms with van der Waals surface area (Å²) < 4.78 is 11.9. The molecular weight excluding hydrogens is 304 g/mol. The average Bonchev–Trinajstić information content (AvgIpc) is 3.01. The monoisotopic (exact) mass is 316 g/mol. The lowest BCUT2D eigenvalue weighted by atomic mass is 10.1. The van der Waals surface area contributed by atoms with E-state index < -0.39 is 31.1 Å². The number of fused-ring (bicyclic) bond motifs is 1. The molecule has 0 spiro atoms. The minimum atomic E-state index is -1.24. The van der Waals surface area contributed by atoms with Gasteiger partial charge >= 0.3 is 0 Å². The largest absolute Gasteiger partial charge is 0.479 e. The molecule has 0 amide bonds. The van der Waals surface area contributed by atoms with Crippen molar-refractivity contribution in [2.75, 3.05) is 13.7 Å². The van der Waals surface area contributed by atoms with E-state index in [0.29, 0.717) is 11.2 Å². The smallest absolute Gasteiger partial charge is 0.246 e. The van der Waals surface area contributed by atoms with Gasteiger partial charge in [0, 0.05) is 0 Å². The average molecular weight is 317 g/mol. The van der Waals surface area contributed by atoms with E-state index in [-0.39, 0.29) is 11.2 Å². The summed E-state index contributed by atoms with van der Waals surface area (Å²) >= 11 is 5.82. The van der Waals surface area contributed by atoms with Crippen LogP contribution in [0.1, 0.15) is 6.23 Å². The van der Waals surface area contributed by atoms with Crippen molar-refractivity contribution < 1.29 is 24.8 Å². The molecule has 3 rings (SSSR count). The maximum Gasteiger partial charge on any atom is 0.246 e. The predicted molar refractivity (Wildman–Crippen MR) is 69.9 cm³/mol. The number of aliphatic hydroxyl groups is 3. The summed E-state index contributed by atoms with van der Waals surface area (Å²) in [5.41, 5.74) is 0.640. The number of aromatic nitrogens is 4. The fourth-order valence-electron chi connectivity index (χ4n) is 2.30. The lowest BCUT2D eigenvalue weighted by Gasteiger charge is -2.16. The molecule has 21 heavy (non-hydrogen) atoms. The highest BCUT2D eigenvalue weighted by molar-refractivity contribution is 6.28. The maximum atomic E-state index is 10.0. The molecule has 0 saturated carbocycles. The molecule has 0 aliphatic carbocycles. The Kier molecular flexibility index (Phi) is 3.68. The van der Waals surface area contributed by atoms with Gasteiger partial charge in [-0.25, -0.2) is 4.98 Å². The van der Waals surface area contributed by atoms with E-state index in [1.807, 2.05) is 0 Å². The molecule has 2 aromatic rings. The highest BCUT2D eigenvalue weighted by Crippen LogP contribution is 2.32. The highest BCUT2D eigenvalue weighted by atomic mass is 35.5. The SMILES string of the molecule is COc1nc(Cl)nc2c1ncn2[C@@H]1O[C@H](CO)[C@@H](O)[C@@H]1O. The van der Waals surface area contributed by atoms with Crippen LogP contribution in [0.15, 0.2) is 6.33 Å². The summed E-state index contributed by atoms with van der Waals surface area (Å²) in [6.07, 6.45) is -2.91. The number of halogens is 1. The van der Waals surface area contributed by atoms with E-state index in [4.69, 9.17) is 26.2 Å². The molecule has 114 valence electrons. The fourth-order valence-corrected chi connectivity index (χ4v) is 2.46. The van der Waals surface area contributed by atoms with Crippen LogP contribution in [0, 0.1) is 0 Å². The zero-order chi connectivity index (χ0) is 15.1. The Morgan fingerprint density at radius 3 is 2.76 bits per heavy atom. The third-order valence-corrected chi connectivity index (χ3v) is 3.52. The zero-order valence-electron chi connectivity index (χ0n) is 10.9. The zero-order valence-corrected chi connectivity index (χ0v) is 11.7. The van der Waals surface area contributed by atoms with Gasteiger partial charge in [-0.3, -0.25) is 4.57 Å². The molecule has 3 N–H and O–H groups in total. The number of ether oxygens (including phenoxy) is 2. The van der Waals surface area contributed by atoms with Gasteiger partial charge in [-0.1, -0.05) is 0 Å². The van der Waals surface area contributed by atoms with Crippen molar-refractivity contribution >= 4 is 22.8 Å². The minimum absolute atomic E-state index is 0.0483. The Bertz CT molecular complexity index is 665. The standard InChI is InChI=1S/C11H13ClN4O5/c1-20-9-5-8(14-11(12)15-9)16(3-13-5)10-7(19)6(18)4(2-17)21-10/h3-4,6-7,10,17-19H,2H2,1H3/t4-,6-,7+,10-/m1/s1. The van der Waals surface area contributed by atoms with E-state index in [1.165, 1.54) is 18.0 Å². The molecule has 0 unspecified atom stereocenters.